The van der Waals surface area contributed by atoms with Crippen LogP contribution in [-0.2, 0) is 0 Å². The third kappa shape index (κ3) is 2.67. The lowest BCUT2D eigenvalue weighted by molar-refractivity contribution is 0.349. The third-order valence-electron chi connectivity index (χ3n) is 3.74. The normalized spacial score (nSPS) is 19.7. The molecule has 1 aliphatic carbocycles. The SMILES string of the molecule is CCCNC(c1ccsc1C)C(C)C1CC1. The van der Waals surface area contributed by atoms with Gasteiger partial charge in [0.2, 0.25) is 0 Å². The molecule has 1 aromatic heterocycles. The van der Waals surface area contributed by atoms with E-state index >= 15 is 0 Å². The van der Waals surface area contributed by atoms with E-state index in [0.717, 1.165) is 18.4 Å². The molecule has 0 amide bonds. The van der Waals surface area contributed by atoms with Crippen molar-refractivity contribution in [3.63, 3.8) is 0 Å². The van der Waals surface area contributed by atoms with Gasteiger partial charge in [-0.05, 0) is 61.6 Å². The van der Waals surface area contributed by atoms with E-state index in [-0.39, 0.29) is 0 Å². The molecule has 0 bridgehead atoms. The molecule has 2 rings (SSSR count). The standard InChI is InChI=1S/C14H23NS/c1-4-8-15-14(10(2)12-5-6-12)13-7-9-16-11(13)3/h7,9-10,12,14-15H,4-6,8H2,1-3H3. The molecule has 1 aromatic rings. The van der Waals surface area contributed by atoms with Gasteiger partial charge < -0.3 is 5.32 Å². The Hall–Kier alpha value is -0.340. The molecule has 2 heteroatoms. The van der Waals surface area contributed by atoms with E-state index in [9.17, 15) is 0 Å². The van der Waals surface area contributed by atoms with Gasteiger partial charge in [-0.25, -0.2) is 0 Å². The van der Waals surface area contributed by atoms with Gasteiger partial charge in [0.05, 0.1) is 0 Å². The molecule has 16 heavy (non-hydrogen) atoms. The topological polar surface area (TPSA) is 12.0 Å². The Morgan fingerprint density at radius 3 is 2.75 bits per heavy atom. The van der Waals surface area contributed by atoms with Gasteiger partial charge in [0, 0.05) is 10.9 Å². The zero-order valence-electron chi connectivity index (χ0n) is 10.6. The van der Waals surface area contributed by atoms with Crippen LogP contribution >= 0.6 is 11.3 Å². The van der Waals surface area contributed by atoms with E-state index in [0.29, 0.717) is 6.04 Å². The molecule has 1 heterocycles. The fourth-order valence-corrected chi connectivity index (χ4v) is 3.24. The summed E-state index contributed by atoms with van der Waals surface area (Å²) < 4.78 is 0. The highest BCUT2D eigenvalue weighted by atomic mass is 32.1. The van der Waals surface area contributed by atoms with Gasteiger partial charge in [0.1, 0.15) is 0 Å². The van der Waals surface area contributed by atoms with Gasteiger partial charge in [-0.2, -0.15) is 0 Å². The largest absolute Gasteiger partial charge is 0.310 e. The fraction of sp³-hybridized carbons (Fsp3) is 0.714. The molecule has 2 atom stereocenters. The van der Waals surface area contributed by atoms with Gasteiger partial charge in [0.15, 0.2) is 0 Å². The summed E-state index contributed by atoms with van der Waals surface area (Å²) in [7, 11) is 0. The van der Waals surface area contributed by atoms with Crippen LogP contribution in [0.15, 0.2) is 11.4 Å². The summed E-state index contributed by atoms with van der Waals surface area (Å²) >= 11 is 1.88. The maximum Gasteiger partial charge on any atom is 0.0359 e. The van der Waals surface area contributed by atoms with Crippen LogP contribution in [0.5, 0.6) is 0 Å². The second-order valence-electron chi connectivity index (χ2n) is 5.06. The lowest BCUT2D eigenvalue weighted by Gasteiger charge is -2.25. The van der Waals surface area contributed by atoms with Crippen LogP contribution < -0.4 is 5.32 Å². The lowest BCUT2D eigenvalue weighted by Crippen LogP contribution is -2.28. The van der Waals surface area contributed by atoms with E-state index < -0.39 is 0 Å². The van der Waals surface area contributed by atoms with Crippen LogP contribution in [0, 0.1) is 18.8 Å². The summed E-state index contributed by atoms with van der Waals surface area (Å²) in [6.45, 7) is 8.05. The Morgan fingerprint density at radius 2 is 2.25 bits per heavy atom. The molecule has 1 aliphatic rings. The molecule has 0 radical (unpaired) electrons. The molecule has 1 N–H and O–H groups in total. The summed E-state index contributed by atoms with van der Waals surface area (Å²) in [6, 6.07) is 2.89. The van der Waals surface area contributed by atoms with Crippen molar-refractivity contribution in [2.75, 3.05) is 6.54 Å². The minimum Gasteiger partial charge on any atom is -0.310 e. The molecule has 0 aliphatic heterocycles. The van der Waals surface area contributed by atoms with Crippen LogP contribution in [0.3, 0.4) is 0 Å². The lowest BCUT2D eigenvalue weighted by atomic mass is 9.91. The van der Waals surface area contributed by atoms with E-state index in [1.807, 2.05) is 11.3 Å². The number of aryl methyl sites for hydroxylation is 1. The van der Waals surface area contributed by atoms with Crippen LogP contribution in [0.1, 0.15) is 49.6 Å². The highest BCUT2D eigenvalue weighted by Crippen LogP contribution is 2.43. The van der Waals surface area contributed by atoms with Crippen molar-refractivity contribution in [1.29, 1.82) is 0 Å². The summed E-state index contributed by atoms with van der Waals surface area (Å²) in [5, 5.41) is 5.97. The molecule has 90 valence electrons. The first-order chi connectivity index (χ1) is 7.74. The highest BCUT2D eigenvalue weighted by molar-refractivity contribution is 7.10. The molecule has 0 spiro atoms. The summed E-state index contributed by atoms with van der Waals surface area (Å²) in [4.78, 5) is 1.49. The summed E-state index contributed by atoms with van der Waals surface area (Å²) in [5.74, 6) is 1.76. The van der Waals surface area contributed by atoms with Crippen molar-refractivity contribution < 1.29 is 0 Å². The zero-order chi connectivity index (χ0) is 11.5. The molecule has 2 unspecified atom stereocenters. The van der Waals surface area contributed by atoms with Crippen molar-refractivity contribution >= 4 is 11.3 Å². The Labute approximate surface area is 103 Å². The molecular formula is C14H23NS. The highest BCUT2D eigenvalue weighted by Gasteiger charge is 2.34. The van der Waals surface area contributed by atoms with Gasteiger partial charge in [-0.3, -0.25) is 0 Å². The number of hydrogen-bond acceptors (Lipinski definition) is 2. The Kier molecular flexibility index (Phi) is 4.04. The second kappa shape index (κ2) is 5.33. The van der Waals surface area contributed by atoms with Crippen molar-refractivity contribution in [3.8, 4) is 0 Å². The molecule has 0 aromatic carbocycles. The van der Waals surface area contributed by atoms with E-state index in [1.165, 1.54) is 29.7 Å². The van der Waals surface area contributed by atoms with Crippen molar-refractivity contribution in [2.45, 2.75) is 46.1 Å². The van der Waals surface area contributed by atoms with E-state index in [1.54, 1.807) is 0 Å². The average molecular weight is 237 g/mol. The second-order valence-corrected chi connectivity index (χ2v) is 6.18. The van der Waals surface area contributed by atoms with Crippen LogP contribution in [0.4, 0.5) is 0 Å². The van der Waals surface area contributed by atoms with Gasteiger partial charge in [-0.1, -0.05) is 13.8 Å². The predicted molar refractivity (Wildman–Crippen MR) is 72.0 cm³/mol. The van der Waals surface area contributed by atoms with Crippen molar-refractivity contribution in [1.82, 2.24) is 5.32 Å². The van der Waals surface area contributed by atoms with Crippen molar-refractivity contribution in [3.05, 3.63) is 21.9 Å². The van der Waals surface area contributed by atoms with Crippen molar-refractivity contribution in [2.24, 2.45) is 11.8 Å². The average Bonchev–Trinajstić information content (AvgIpc) is 3.04. The maximum atomic E-state index is 3.74. The van der Waals surface area contributed by atoms with E-state index in [2.05, 4.69) is 37.5 Å². The third-order valence-corrected chi connectivity index (χ3v) is 4.60. The van der Waals surface area contributed by atoms with Gasteiger partial charge in [-0.15, -0.1) is 11.3 Å². The minimum absolute atomic E-state index is 0.582. The Morgan fingerprint density at radius 1 is 1.50 bits per heavy atom. The molecule has 0 saturated heterocycles. The molecule has 1 nitrogen and oxygen atoms in total. The summed E-state index contributed by atoms with van der Waals surface area (Å²) in [5.41, 5.74) is 1.54. The minimum atomic E-state index is 0.582. The first-order valence-electron chi connectivity index (χ1n) is 6.51. The predicted octanol–water partition coefficient (Wildman–Crippen LogP) is 4.14. The molecular weight excluding hydrogens is 214 g/mol. The number of nitrogens with one attached hydrogen (secondary N) is 1. The number of thiophene rings is 1. The molecule has 1 saturated carbocycles. The van der Waals surface area contributed by atoms with Crippen LogP contribution in [-0.4, -0.2) is 6.54 Å². The Bertz CT molecular complexity index is 327. The quantitative estimate of drug-likeness (QED) is 0.784. The van der Waals surface area contributed by atoms with Gasteiger partial charge in [0.25, 0.3) is 0 Å². The van der Waals surface area contributed by atoms with E-state index in [4.69, 9.17) is 0 Å². The maximum absolute atomic E-state index is 3.74. The first kappa shape index (κ1) is 12.1. The molecule has 1 fully saturated rings. The smallest absolute Gasteiger partial charge is 0.0359 e. The number of hydrogen-bond donors (Lipinski definition) is 1. The fourth-order valence-electron chi connectivity index (χ4n) is 2.49. The number of rotatable bonds is 6. The van der Waals surface area contributed by atoms with Crippen LogP contribution in [0.25, 0.3) is 0 Å². The Balaban J connectivity index is 2.10. The monoisotopic (exact) mass is 237 g/mol. The zero-order valence-corrected chi connectivity index (χ0v) is 11.4. The first-order valence-corrected chi connectivity index (χ1v) is 7.39. The summed E-state index contributed by atoms with van der Waals surface area (Å²) in [6.07, 6.45) is 4.10. The van der Waals surface area contributed by atoms with Gasteiger partial charge >= 0.3 is 0 Å². The van der Waals surface area contributed by atoms with Crippen LogP contribution in [0.2, 0.25) is 0 Å².